The van der Waals surface area contributed by atoms with Gasteiger partial charge in [-0.3, -0.25) is 0 Å². The van der Waals surface area contributed by atoms with E-state index < -0.39 is 0 Å². The molecule has 1 N–H and O–H groups in total. The molecule has 0 aliphatic rings. The molecule has 15 heavy (non-hydrogen) atoms. The zero-order chi connectivity index (χ0) is 11.3. The second-order valence-electron chi connectivity index (χ2n) is 3.83. The van der Waals surface area contributed by atoms with E-state index in [1.54, 1.807) is 11.8 Å². The molecule has 1 rings (SSSR count). The molecule has 0 saturated carbocycles. The summed E-state index contributed by atoms with van der Waals surface area (Å²) in [5.74, 6) is 0.767. The molecule has 1 unspecified atom stereocenters. The van der Waals surface area contributed by atoms with E-state index in [0.717, 1.165) is 16.3 Å². The van der Waals surface area contributed by atoms with Crippen LogP contribution in [0.3, 0.4) is 0 Å². The zero-order valence-corrected chi connectivity index (χ0v) is 10.7. The maximum atomic E-state index is 9.80. The highest BCUT2D eigenvalue weighted by Crippen LogP contribution is 2.19. The fourth-order valence-corrected chi connectivity index (χ4v) is 2.22. The quantitative estimate of drug-likeness (QED) is 0.857. The molecule has 1 atom stereocenters. The van der Waals surface area contributed by atoms with Crippen LogP contribution in [0.1, 0.15) is 19.4 Å². The van der Waals surface area contributed by atoms with Crippen molar-refractivity contribution in [2.45, 2.75) is 31.6 Å². The molecule has 0 fully saturated rings. The van der Waals surface area contributed by atoms with Crippen molar-refractivity contribution in [1.82, 2.24) is 0 Å². The van der Waals surface area contributed by atoms with Gasteiger partial charge in [-0.2, -0.15) is 11.8 Å². The van der Waals surface area contributed by atoms with Crippen LogP contribution in [0, 0.1) is 0 Å². The lowest BCUT2D eigenvalue weighted by Crippen LogP contribution is -2.15. The molecule has 1 aromatic carbocycles. The predicted molar refractivity (Wildman–Crippen MR) is 68.8 cm³/mol. The molecular formula is C12H17ClOS. The first kappa shape index (κ1) is 12.9. The minimum absolute atomic E-state index is 0.308. The maximum Gasteiger partial charge on any atom is 0.0671 e. The van der Waals surface area contributed by atoms with Gasteiger partial charge < -0.3 is 5.11 Å². The van der Waals surface area contributed by atoms with Gasteiger partial charge >= 0.3 is 0 Å². The molecule has 1 aromatic rings. The minimum Gasteiger partial charge on any atom is -0.392 e. The maximum absolute atomic E-state index is 9.80. The van der Waals surface area contributed by atoms with E-state index in [4.69, 9.17) is 11.6 Å². The van der Waals surface area contributed by atoms with E-state index >= 15 is 0 Å². The second kappa shape index (κ2) is 6.41. The highest BCUT2D eigenvalue weighted by atomic mass is 35.5. The average Bonchev–Trinajstić information content (AvgIpc) is 2.18. The Balaban J connectivity index is 2.44. The Morgan fingerprint density at radius 3 is 2.60 bits per heavy atom. The molecule has 0 aliphatic carbocycles. The van der Waals surface area contributed by atoms with E-state index in [9.17, 15) is 5.11 Å². The first-order valence-electron chi connectivity index (χ1n) is 5.12. The summed E-state index contributed by atoms with van der Waals surface area (Å²) in [5.41, 5.74) is 1.02. The number of halogens is 1. The van der Waals surface area contributed by atoms with Crippen LogP contribution in [-0.4, -0.2) is 22.2 Å². The van der Waals surface area contributed by atoms with Gasteiger partial charge in [0, 0.05) is 17.2 Å². The van der Waals surface area contributed by atoms with E-state index in [0.29, 0.717) is 11.7 Å². The summed E-state index contributed by atoms with van der Waals surface area (Å²) < 4.78 is 0. The third-order valence-electron chi connectivity index (χ3n) is 2.04. The Hall–Kier alpha value is -0.180. The third-order valence-corrected chi connectivity index (χ3v) is 3.65. The van der Waals surface area contributed by atoms with Crippen molar-refractivity contribution in [1.29, 1.82) is 0 Å². The number of benzene rings is 1. The van der Waals surface area contributed by atoms with Gasteiger partial charge in [-0.15, -0.1) is 0 Å². The fourth-order valence-electron chi connectivity index (χ4n) is 1.28. The number of aliphatic hydroxyl groups excluding tert-OH is 1. The molecule has 0 aromatic heterocycles. The normalized spacial score (nSPS) is 13.1. The van der Waals surface area contributed by atoms with Crippen LogP contribution >= 0.6 is 23.4 Å². The molecule has 0 spiro atoms. The first-order chi connectivity index (χ1) is 7.09. The highest BCUT2D eigenvalue weighted by molar-refractivity contribution is 7.99. The molecule has 1 nitrogen and oxygen atoms in total. The van der Waals surface area contributed by atoms with Gasteiger partial charge in [0.05, 0.1) is 6.10 Å². The predicted octanol–water partition coefficient (Wildman–Crippen LogP) is 3.39. The zero-order valence-electron chi connectivity index (χ0n) is 9.11. The number of aliphatic hydroxyl groups is 1. The molecule has 0 bridgehead atoms. The monoisotopic (exact) mass is 244 g/mol. The van der Waals surface area contributed by atoms with Crippen molar-refractivity contribution >= 4 is 23.4 Å². The van der Waals surface area contributed by atoms with Crippen molar-refractivity contribution < 1.29 is 5.11 Å². The van der Waals surface area contributed by atoms with Crippen molar-refractivity contribution in [2.75, 3.05) is 5.75 Å². The fraction of sp³-hybridized carbons (Fsp3) is 0.500. The number of hydrogen-bond donors (Lipinski definition) is 1. The Morgan fingerprint density at radius 2 is 2.00 bits per heavy atom. The topological polar surface area (TPSA) is 20.2 Å². The minimum atomic E-state index is -0.308. The number of hydrogen-bond acceptors (Lipinski definition) is 2. The standard InChI is InChI=1S/C12H17ClOS/c1-9(2)15-8-11(14)7-10-5-3-4-6-12(10)13/h3-6,9,11,14H,7-8H2,1-2H3. The SMILES string of the molecule is CC(C)SCC(O)Cc1ccccc1Cl. The van der Waals surface area contributed by atoms with Crippen molar-refractivity contribution in [2.24, 2.45) is 0 Å². The van der Waals surface area contributed by atoms with Gasteiger partial charge in [0.25, 0.3) is 0 Å². The summed E-state index contributed by atoms with van der Waals surface area (Å²) in [6.45, 7) is 4.26. The first-order valence-corrected chi connectivity index (χ1v) is 6.55. The average molecular weight is 245 g/mol. The van der Waals surface area contributed by atoms with Crippen molar-refractivity contribution in [3.8, 4) is 0 Å². The van der Waals surface area contributed by atoms with Crippen LogP contribution in [0.5, 0.6) is 0 Å². The Bertz CT molecular complexity index is 301. The summed E-state index contributed by atoms with van der Waals surface area (Å²) in [6.07, 6.45) is 0.330. The summed E-state index contributed by atoms with van der Waals surface area (Å²) in [5, 5.41) is 11.1. The van der Waals surface area contributed by atoms with E-state index in [1.165, 1.54) is 0 Å². The molecule has 84 valence electrons. The Kier molecular flexibility index (Phi) is 5.51. The smallest absolute Gasteiger partial charge is 0.0671 e. The molecule has 0 heterocycles. The van der Waals surface area contributed by atoms with Gasteiger partial charge in [-0.1, -0.05) is 43.6 Å². The molecule has 0 radical (unpaired) electrons. The third kappa shape index (κ3) is 4.92. The summed E-state index contributed by atoms with van der Waals surface area (Å²) in [4.78, 5) is 0. The lowest BCUT2D eigenvalue weighted by Gasteiger charge is -2.12. The largest absolute Gasteiger partial charge is 0.392 e. The van der Waals surface area contributed by atoms with Crippen molar-refractivity contribution in [3.05, 3.63) is 34.9 Å². The molecule has 0 amide bonds. The summed E-state index contributed by atoms with van der Waals surface area (Å²) in [6, 6.07) is 7.68. The lowest BCUT2D eigenvalue weighted by molar-refractivity contribution is 0.200. The molecule has 3 heteroatoms. The van der Waals surface area contributed by atoms with Gasteiger partial charge in [0.15, 0.2) is 0 Å². The lowest BCUT2D eigenvalue weighted by atomic mass is 10.1. The van der Waals surface area contributed by atoms with Crippen LogP contribution in [-0.2, 0) is 6.42 Å². The van der Waals surface area contributed by atoms with Gasteiger partial charge in [-0.25, -0.2) is 0 Å². The van der Waals surface area contributed by atoms with Gasteiger partial charge in [-0.05, 0) is 16.9 Å². The van der Waals surface area contributed by atoms with E-state index in [-0.39, 0.29) is 6.10 Å². The van der Waals surface area contributed by atoms with Crippen LogP contribution < -0.4 is 0 Å². The molecule has 0 saturated heterocycles. The number of thioether (sulfide) groups is 1. The highest BCUT2D eigenvalue weighted by Gasteiger charge is 2.08. The van der Waals surface area contributed by atoms with Crippen LogP contribution in [0.4, 0.5) is 0 Å². The molecule has 0 aliphatic heterocycles. The summed E-state index contributed by atoms with van der Waals surface area (Å²) in [7, 11) is 0. The second-order valence-corrected chi connectivity index (χ2v) is 5.85. The van der Waals surface area contributed by atoms with Gasteiger partial charge in [0.2, 0.25) is 0 Å². The van der Waals surface area contributed by atoms with E-state index in [2.05, 4.69) is 13.8 Å². The van der Waals surface area contributed by atoms with Crippen LogP contribution in [0.25, 0.3) is 0 Å². The number of rotatable bonds is 5. The van der Waals surface area contributed by atoms with Crippen molar-refractivity contribution in [3.63, 3.8) is 0 Å². The van der Waals surface area contributed by atoms with Gasteiger partial charge in [0.1, 0.15) is 0 Å². The molecular weight excluding hydrogens is 228 g/mol. The summed E-state index contributed by atoms with van der Waals surface area (Å²) >= 11 is 7.78. The Morgan fingerprint density at radius 1 is 1.33 bits per heavy atom. The van der Waals surface area contributed by atoms with Crippen LogP contribution in [0.2, 0.25) is 5.02 Å². The van der Waals surface area contributed by atoms with E-state index in [1.807, 2.05) is 24.3 Å². The van der Waals surface area contributed by atoms with Crippen LogP contribution in [0.15, 0.2) is 24.3 Å². The Labute approximate surface area is 101 Å².